The summed E-state index contributed by atoms with van der Waals surface area (Å²) in [7, 11) is -3.59. The van der Waals surface area contributed by atoms with Crippen LogP contribution < -0.4 is 5.73 Å². The number of fused-ring (bicyclic) bond motifs is 2. The van der Waals surface area contributed by atoms with Crippen molar-refractivity contribution in [1.82, 2.24) is 0 Å². The Hall–Kier alpha value is -0.240. The van der Waals surface area contributed by atoms with Crippen LogP contribution in [0.3, 0.4) is 0 Å². The number of nitrogens with two attached hydrogens (primary N) is 1. The number of aliphatic imine (C=N–C) groups is 1. The maximum absolute atomic E-state index is 10.7. The monoisotopic (exact) mass is 278 g/mol. The summed E-state index contributed by atoms with van der Waals surface area (Å²) >= 11 is 4.19. The summed E-state index contributed by atoms with van der Waals surface area (Å²) in [6, 6.07) is 0. The first-order valence-corrected chi connectivity index (χ1v) is 8.21. The lowest BCUT2D eigenvalue weighted by Crippen LogP contribution is -2.23. The normalized spacial score (nSPS) is 36.1. The lowest BCUT2D eigenvalue weighted by Gasteiger charge is -2.19. The summed E-state index contributed by atoms with van der Waals surface area (Å²) in [4.78, 5) is 4.21. The maximum atomic E-state index is 10.7. The van der Waals surface area contributed by atoms with Crippen LogP contribution in [-0.2, 0) is 24.4 Å². The van der Waals surface area contributed by atoms with Crippen molar-refractivity contribution in [3.63, 3.8) is 0 Å². The van der Waals surface area contributed by atoms with E-state index in [1.165, 1.54) is 25.7 Å². The number of rotatable bonds is 5. The van der Waals surface area contributed by atoms with E-state index in [4.69, 9.17) is 10.3 Å². The van der Waals surface area contributed by atoms with Crippen LogP contribution in [0.5, 0.6) is 0 Å². The summed E-state index contributed by atoms with van der Waals surface area (Å²) in [6.07, 6.45) is 5.27. The largest absolute Gasteiger partial charge is 0.385 e. The van der Waals surface area contributed by atoms with Gasteiger partial charge in [0.25, 0.3) is 9.05 Å². The molecule has 17 heavy (non-hydrogen) atoms. The smallest absolute Gasteiger partial charge is 0.266 e. The Morgan fingerprint density at radius 3 is 2.82 bits per heavy atom. The summed E-state index contributed by atoms with van der Waals surface area (Å²) in [5.74, 6) is 2.58. The summed E-state index contributed by atoms with van der Waals surface area (Å²) in [5, 5.41) is 0. The van der Waals surface area contributed by atoms with E-state index in [0.717, 1.165) is 11.8 Å². The van der Waals surface area contributed by atoms with Crippen LogP contribution >= 0.6 is 0 Å². The lowest BCUT2D eigenvalue weighted by molar-refractivity contribution is 0.336. The van der Waals surface area contributed by atoms with E-state index in [1.54, 1.807) is 0 Å². The summed E-state index contributed by atoms with van der Waals surface area (Å²) in [6.45, 7) is 0.542. The Morgan fingerprint density at radius 2 is 2.29 bits per heavy atom. The molecule has 0 amide bonds. The molecule has 2 fully saturated rings. The SMILES string of the molecule is NC(COS(=O)(O)=S)=NCC1CC2CCC1C2. The highest BCUT2D eigenvalue weighted by molar-refractivity contribution is 8.27. The third kappa shape index (κ3) is 3.87. The zero-order valence-corrected chi connectivity index (χ0v) is 11.2. The molecule has 0 aliphatic heterocycles. The second kappa shape index (κ2) is 5.17. The summed E-state index contributed by atoms with van der Waals surface area (Å²) in [5.41, 5.74) is 5.60. The number of amidine groups is 1. The van der Waals surface area contributed by atoms with E-state index in [-0.39, 0.29) is 12.4 Å². The Balaban J connectivity index is 1.76. The fourth-order valence-electron chi connectivity index (χ4n) is 3.02. The lowest BCUT2D eigenvalue weighted by atomic mass is 9.89. The molecule has 98 valence electrons. The minimum absolute atomic E-state index is 0.167. The first kappa shape index (κ1) is 13.2. The average Bonchev–Trinajstić information content (AvgIpc) is 2.84. The molecule has 0 spiro atoms. The van der Waals surface area contributed by atoms with E-state index in [0.29, 0.717) is 12.5 Å². The van der Waals surface area contributed by atoms with Gasteiger partial charge in [0.05, 0.1) is 0 Å². The Morgan fingerprint density at radius 1 is 1.53 bits per heavy atom. The van der Waals surface area contributed by atoms with Gasteiger partial charge in [-0.25, -0.2) is 0 Å². The predicted octanol–water partition coefficient (Wildman–Crippen LogP) is 0.931. The first-order valence-electron chi connectivity index (χ1n) is 5.84. The highest BCUT2D eigenvalue weighted by Gasteiger charge is 2.38. The fourth-order valence-corrected chi connectivity index (χ4v) is 3.43. The van der Waals surface area contributed by atoms with Crippen LogP contribution in [0.15, 0.2) is 4.99 Å². The van der Waals surface area contributed by atoms with Crippen molar-refractivity contribution in [3.05, 3.63) is 0 Å². The van der Waals surface area contributed by atoms with Crippen molar-refractivity contribution in [1.29, 1.82) is 0 Å². The van der Waals surface area contributed by atoms with Crippen molar-refractivity contribution in [2.45, 2.75) is 25.7 Å². The van der Waals surface area contributed by atoms with Gasteiger partial charge in [-0.15, -0.1) is 0 Å². The Labute approximate surface area is 107 Å². The van der Waals surface area contributed by atoms with E-state index >= 15 is 0 Å². The van der Waals surface area contributed by atoms with Crippen LogP contribution in [0.25, 0.3) is 0 Å². The van der Waals surface area contributed by atoms with Crippen molar-refractivity contribution in [3.8, 4) is 0 Å². The molecule has 0 heterocycles. The van der Waals surface area contributed by atoms with Crippen LogP contribution in [0.2, 0.25) is 0 Å². The maximum Gasteiger partial charge on any atom is 0.266 e. The van der Waals surface area contributed by atoms with Gasteiger partial charge in [0.1, 0.15) is 12.4 Å². The molecule has 2 saturated carbocycles. The zero-order chi connectivity index (χ0) is 12.5. The second-order valence-corrected chi connectivity index (χ2v) is 7.31. The number of nitrogens with zero attached hydrogens (tertiary/aromatic N) is 1. The van der Waals surface area contributed by atoms with Gasteiger partial charge >= 0.3 is 0 Å². The van der Waals surface area contributed by atoms with Gasteiger partial charge in [-0.2, -0.15) is 4.21 Å². The third-order valence-electron chi connectivity index (χ3n) is 3.77. The average molecular weight is 278 g/mol. The molecule has 3 N–H and O–H groups in total. The molecule has 2 aliphatic carbocycles. The van der Waals surface area contributed by atoms with Crippen molar-refractivity contribution in [2.24, 2.45) is 28.5 Å². The molecule has 4 unspecified atom stereocenters. The number of hydrogen-bond donors (Lipinski definition) is 2. The minimum atomic E-state index is -3.59. The van der Waals surface area contributed by atoms with Crippen molar-refractivity contribution < 1.29 is 12.9 Å². The molecule has 7 heteroatoms. The van der Waals surface area contributed by atoms with Crippen LogP contribution in [-0.4, -0.2) is 27.7 Å². The highest BCUT2D eigenvalue weighted by Crippen LogP contribution is 2.48. The van der Waals surface area contributed by atoms with Crippen LogP contribution in [0.1, 0.15) is 25.7 Å². The van der Waals surface area contributed by atoms with Gasteiger partial charge in [0.2, 0.25) is 0 Å². The predicted molar refractivity (Wildman–Crippen MR) is 69.5 cm³/mol. The molecule has 5 nitrogen and oxygen atoms in total. The standard InChI is InChI=1S/C10H18N2O3S2/c11-10(6-15-17(13,14)16)12-5-9-4-7-1-2-8(9)3-7/h7-9H,1-6H2,(H2,11,12)(H,13,14,16). The van der Waals surface area contributed by atoms with Gasteiger partial charge in [-0.3, -0.25) is 13.7 Å². The van der Waals surface area contributed by atoms with E-state index in [2.05, 4.69) is 20.4 Å². The zero-order valence-electron chi connectivity index (χ0n) is 9.58. The molecule has 0 aromatic carbocycles. The summed E-state index contributed by atoms with van der Waals surface area (Å²) < 4.78 is 23.9. The van der Waals surface area contributed by atoms with Gasteiger partial charge in [0, 0.05) is 17.7 Å². The Bertz CT molecular complexity index is 408. The second-order valence-electron chi connectivity index (χ2n) is 4.96. The van der Waals surface area contributed by atoms with Gasteiger partial charge in [-0.05, 0) is 37.0 Å². The molecule has 2 aliphatic rings. The molecule has 0 aromatic heterocycles. The van der Waals surface area contributed by atoms with Crippen LogP contribution in [0, 0.1) is 17.8 Å². The van der Waals surface area contributed by atoms with Gasteiger partial charge < -0.3 is 5.73 Å². The fraction of sp³-hybridized carbons (Fsp3) is 0.900. The van der Waals surface area contributed by atoms with E-state index in [9.17, 15) is 4.21 Å². The molecule has 0 radical (unpaired) electrons. The van der Waals surface area contributed by atoms with Crippen molar-refractivity contribution >= 4 is 26.1 Å². The molecule has 0 aromatic rings. The van der Waals surface area contributed by atoms with E-state index < -0.39 is 9.05 Å². The molecule has 4 atom stereocenters. The molecule has 0 saturated heterocycles. The highest BCUT2D eigenvalue weighted by atomic mass is 32.9. The quantitative estimate of drug-likeness (QED) is 0.577. The van der Waals surface area contributed by atoms with Crippen molar-refractivity contribution in [2.75, 3.05) is 13.2 Å². The van der Waals surface area contributed by atoms with Gasteiger partial charge in [-0.1, -0.05) is 6.42 Å². The molecule has 2 bridgehead atoms. The topological polar surface area (TPSA) is 84.9 Å². The molecular weight excluding hydrogens is 260 g/mol. The van der Waals surface area contributed by atoms with Crippen LogP contribution in [0.4, 0.5) is 0 Å². The Kier molecular flexibility index (Phi) is 4.02. The molecular formula is C10H18N2O3S2. The first-order chi connectivity index (χ1) is 7.94. The third-order valence-corrected chi connectivity index (χ3v) is 4.47. The molecule has 2 rings (SSSR count). The van der Waals surface area contributed by atoms with Gasteiger partial charge in [0.15, 0.2) is 0 Å². The van der Waals surface area contributed by atoms with E-state index in [1.807, 2.05) is 0 Å². The number of hydrogen-bond acceptors (Lipinski definition) is 4. The minimum Gasteiger partial charge on any atom is -0.385 e.